The first-order valence-electron chi connectivity index (χ1n) is 7.04. The van der Waals surface area contributed by atoms with E-state index in [2.05, 4.69) is 10.3 Å². The summed E-state index contributed by atoms with van der Waals surface area (Å²) in [6, 6.07) is -0.0335. The van der Waals surface area contributed by atoms with Gasteiger partial charge in [-0.2, -0.15) is 0 Å². The van der Waals surface area contributed by atoms with Crippen molar-refractivity contribution in [3.05, 3.63) is 22.5 Å². The fraction of sp³-hybridized carbons (Fsp3) is 0.600. The van der Waals surface area contributed by atoms with Gasteiger partial charge in [0, 0.05) is 17.9 Å². The molecule has 1 fully saturated rings. The first kappa shape index (κ1) is 14.8. The van der Waals surface area contributed by atoms with Crippen LogP contribution in [0.2, 0.25) is 0 Å². The third kappa shape index (κ3) is 2.77. The van der Waals surface area contributed by atoms with Crippen molar-refractivity contribution in [3.63, 3.8) is 0 Å². The summed E-state index contributed by atoms with van der Waals surface area (Å²) in [6.45, 7) is 7.83. The number of aryl methyl sites for hydroxylation is 1. The van der Waals surface area contributed by atoms with E-state index in [9.17, 15) is 9.59 Å². The second-order valence-electron chi connectivity index (χ2n) is 5.49. The van der Waals surface area contributed by atoms with E-state index in [0.717, 1.165) is 25.1 Å². The average Bonchev–Trinajstić information content (AvgIpc) is 2.97. The third-order valence-electron chi connectivity index (χ3n) is 3.90. The van der Waals surface area contributed by atoms with E-state index in [1.165, 1.54) is 6.92 Å². The van der Waals surface area contributed by atoms with Gasteiger partial charge in [-0.1, -0.05) is 0 Å². The maximum atomic E-state index is 12.3. The number of nitrogens with one attached hydrogen (secondary N) is 2. The topological polar surface area (TPSA) is 71.2 Å². The maximum absolute atomic E-state index is 12.3. The number of carbonyl (C=O) groups is 2. The summed E-state index contributed by atoms with van der Waals surface area (Å²) in [6.07, 6.45) is 2.10. The Morgan fingerprint density at radius 2 is 2.10 bits per heavy atom. The van der Waals surface area contributed by atoms with Crippen LogP contribution in [0.15, 0.2) is 0 Å². The number of ketones is 1. The molecular formula is C15H22N2O3. The lowest BCUT2D eigenvalue weighted by atomic mass is 10.1. The first-order chi connectivity index (χ1) is 9.41. The van der Waals surface area contributed by atoms with Crippen molar-refractivity contribution in [3.8, 4) is 0 Å². The lowest BCUT2D eigenvalue weighted by molar-refractivity contribution is 0.0709. The molecule has 1 aliphatic rings. The van der Waals surface area contributed by atoms with Crippen LogP contribution < -0.4 is 5.32 Å². The van der Waals surface area contributed by atoms with Gasteiger partial charge in [0.2, 0.25) is 0 Å². The Morgan fingerprint density at radius 3 is 2.60 bits per heavy atom. The summed E-state index contributed by atoms with van der Waals surface area (Å²) in [5, 5.41) is 2.95. The van der Waals surface area contributed by atoms with E-state index in [1.807, 2.05) is 13.8 Å². The van der Waals surface area contributed by atoms with E-state index >= 15 is 0 Å². The van der Waals surface area contributed by atoms with Crippen molar-refractivity contribution in [1.82, 2.24) is 10.3 Å². The molecule has 0 aromatic carbocycles. The van der Waals surface area contributed by atoms with Crippen LogP contribution in [0.3, 0.4) is 0 Å². The van der Waals surface area contributed by atoms with Crippen LogP contribution in [0.25, 0.3) is 0 Å². The van der Waals surface area contributed by atoms with Gasteiger partial charge in [0.05, 0.1) is 12.1 Å². The Labute approximate surface area is 119 Å². The number of hydrogen-bond donors (Lipinski definition) is 2. The smallest absolute Gasteiger partial charge is 0.268 e. The van der Waals surface area contributed by atoms with Crippen molar-refractivity contribution < 1.29 is 14.3 Å². The monoisotopic (exact) mass is 278 g/mol. The summed E-state index contributed by atoms with van der Waals surface area (Å²) in [5.74, 6) is -0.205. The minimum atomic E-state index is -0.180. The Hall–Kier alpha value is -1.62. The fourth-order valence-corrected chi connectivity index (χ4v) is 2.87. The second kappa shape index (κ2) is 5.79. The molecule has 5 nitrogen and oxygen atoms in total. The Bertz CT molecular complexity index is 527. The van der Waals surface area contributed by atoms with Crippen molar-refractivity contribution >= 4 is 11.7 Å². The largest absolute Gasteiger partial charge is 0.376 e. The highest BCUT2D eigenvalue weighted by Crippen LogP contribution is 2.20. The predicted octanol–water partition coefficient (Wildman–Crippen LogP) is 2.13. The number of Topliss-reactive ketones (excluding diaryl/α,β-unsaturated/α-hetero) is 1. The van der Waals surface area contributed by atoms with Gasteiger partial charge in [-0.05, 0) is 46.1 Å². The molecule has 0 radical (unpaired) electrons. The van der Waals surface area contributed by atoms with Crippen molar-refractivity contribution in [2.24, 2.45) is 0 Å². The van der Waals surface area contributed by atoms with Crippen LogP contribution in [0.4, 0.5) is 0 Å². The zero-order chi connectivity index (χ0) is 14.9. The molecule has 1 aliphatic heterocycles. The number of aromatic nitrogens is 1. The highest BCUT2D eigenvalue weighted by molar-refractivity contribution is 6.02. The molecule has 0 spiro atoms. The molecule has 1 amide bonds. The van der Waals surface area contributed by atoms with Crippen molar-refractivity contribution in [1.29, 1.82) is 0 Å². The number of amides is 1. The van der Waals surface area contributed by atoms with Gasteiger partial charge in [-0.3, -0.25) is 9.59 Å². The lowest BCUT2D eigenvalue weighted by Crippen LogP contribution is -2.41. The number of ether oxygens (including phenoxy) is 1. The van der Waals surface area contributed by atoms with Crippen molar-refractivity contribution in [2.75, 3.05) is 6.61 Å². The van der Waals surface area contributed by atoms with Gasteiger partial charge in [0.1, 0.15) is 5.69 Å². The zero-order valence-electron chi connectivity index (χ0n) is 12.5. The molecule has 0 saturated carbocycles. The molecule has 2 rings (SSSR count). The van der Waals surface area contributed by atoms with Gasteiger partial charge in [-0.25, -0.2) is 0 Å². The fourth-order valence-electron chi connectivity index (χ4n) is 2.87. The van der Waals surface area contributed by atoms with Crippen molar-refractivity contribution in [2.45, 2.75) is 52.7 Å². The quantitative estimate of drug-likeness (QED) is 0.829. The van der Waals surface area contributed by atoms with Crippen LogP contribution in [0.5, 0.6) is 0 Å². The molecule has 2 N–H and O–H groups in total. The van der Waals surface area contributed by atoms with Crippen LogP contribution in [-0.4, -0.2) is 35.4 Å². The summed E-state index contributed by atoms with van der Waals surface area (Å²) < 4.78 is 5.57. The standard InChI is InChI=1S/C15H22N2O3/c1-8-13(11(4)18)10(3)16-14(8)15(19)17-9(2)12-6-5-7-20-12/h9,12,16H,5-7H2,1-4H3,(H,17,19). The molecule has 0 bridgehead atoms. The minimum Gasteiger partial charge on any atom is -0.376 e. The predicted molar refractivity (Wildman–Crippen MR) is 76.2 cm³/mol. The third-order valence-corrected chi connectivity index (χ3v) is 3.90. The van der Waals surface area contributed by atoms with Gasteiger partial charge < -0.3 is 15.0 Å². The molecule has 1 aromatic rings. The normalized spacial score (nSPS) is 19.9. The van der Waals surface area contributed by atoms with Crippen LogP contribution >= 0.6 is 0 Å². The minimum absolute atomic E-state index is 0.0255. The van der Waals surface area contributed by atoms with E-state index in [0.29, 0.717) is 16.8 Å². The van der Waals surface area contributed by atoms with E-state index in [1.54, 1.807) is 6.92 Å². The summed E-state index contributed by atoms with van der Waals surface area (Å²) in [4.78, 5) is 26.9. The molecule has 2 atom stereocenters. The number of H-pyrrole nitrogens is 1. The van der Waals surface area contributed by atoms with Crippen LogP contribution in [-0.2, 0) is 4.74 Å². The van der Waals surface area contributed by atoms with E-state index < -0.39 is 0 Å². The number of carbonyl (C=O) groups excluding carboxylic acids is 2. The first-order valence-corrected chi connectivity index (χ1v) is 7.04. The average molecular weight is 278 g/mol. The highest BCUT2D eigenvalue weighted by Gasteiger charge is 2.26. The Morgan fingerprint density at radius 1 is 1.40 bits per heavy atom. The van der Waals surface area contributed by atoms with Gasteiger partial charge >= 0.3 is 0 Å². The maximum Gasteiger partial charge on any atom is 0.268 e. The molecule has 1 saturated heterocycles. The number of rotatable bonds is 4. The molecular weight excluding hydrogens is 256 g/mol. The molecule has 2 heterocycles. The molecule has 5 heteroatoms. The molecule has 110 valence electrons. The zero-order valence-corrected chi connectivity index (χ0v) is 12.5. The van der Waals surface area contributed by atoms with E-state index in [4.69, 9.17) is 4.74 Å². The molecule has 2 unspecified atom stereocenters. The second-order valence-corrected chi connectivity index (χ2v) is 5.49. The highest BCUT2D eigenvalue weighted by atomic mass is 16.5. The molecule has 20 heavy (non-hydrogen) atoms. The van der Waals surface area contributed by atoms with E-state index in [-0.39, 0.29) is 23.8 Å². The molecule has 1 aromatic heterocycles. The molecule has 0 aliphatic carbocycles. The Balaban J connectivity index is 2.13. The number of aromatic amines is 1. The Kier molecular flexibility index (Phi) is 4.28. The van der Waals surface area contributed by atoms with Gasteiger partial charge in [-0.15, -0.1) is 0 Å². The SMILES string of the molecule is CC(=O)c1c(C)[nH]c(C(=O)NC(C)C2CCCO2)c1C. The summed E-state index contributed by atoms with van der Waals surface area (Å²) in [7, 11) is 0. The van der Waals surface area contributed by atoms with Crippen LogP contribution in [0, 0.1) is 13.8 Å². The number of hydrogen-bond acceptors (Lipinski definition) is 3. The summed E-state index contributed by atoms with van der Waals surface area (Å²) in [5.41, 5.74) is 2.54. The van der Waals surface area contributed by atoms with Gasteiger partial charge in [0.25, 0.3) is 5.91 Å². The van der Waals surface area contributed by atoms with Gasteiger partial charge in [0.15, 0.2) is 5.78 Å². The summed E-state index contributed by atoms with van der Waals surface area (Å²) >= 11 is 0. The lowest BCUT2D eigenvalue weighted by Gasteiger charge is -2.19. The van der Waals surface area contributed by atoms with Crippen LogP contribution in [0.1, 0.15) is 58.8 Å².